The summed E-state index contributed by atoms with van der Waals surface area (Å²) in [5.74, 6) is -1.16. The van der Waals surface area contributed by atoms with Crippen molar-refractivity contribution in [3.63, 3.8) is 0 Å². The lowest BCUT2D eigenvalue weighted by Crippen LogP contribution is -2.59. The number of anilines is 2. The van der Waals surface area contributed by atoms with E-state index < -0.39 is 28.7 Å². The fourth-order valence-corrected chi connectivity index (χ4v) is 10.5. The predicted molar refractivity (Wildman–Crippen MR) is 185 cm³/mol. The van der Waals surface area contributed by atoms with E-state index in [-0.39, 0.29) is 48.6 Å². The summed E-state index contributed by atoms with van der Waals surface area (Å²) in [4.78, 5) is 49.7. The van der Waals surface area contributed by atoms with Crippen LogP contribution < -0.4 is 14.5 Å². The van der Waals surface area contributed by atoms with Gasteiger partial charge in [0.25, 0.3) is 5.91 Å². The Labute approximate surface area is 277 Å². The molecule has 3 saturated heterocycles. The van der Waals surface area contributed by atoms with Crippen LogP contribution in [-0.2, 0) is 14.4 Å². The molecule has 3 heterocycles. The summed E-state index contributed by atoms with van der Waals surface area (Å²) in [6.07, 6.45) is 4.60. The normalized spacial score (nSPS) is 26.9. The first-order valence-electron chi connectivity index (χ1n) is 16.3. The number of aryl methyl sites for hydroxylation is 2. The van der Waals surface area contributed by atoms with E-state index in [4.69, 9.17) is 4.74 Å². The number of ether oxygens (including phenoxy) is 1. The highest BCUT2D eigenvalue weighted by molar-refractivity contribution is 8.02. The number of thioether (sulfide) groups is 1. The Bertz CT molecular complexity index is 1470. The Morgan fingerprint density at radius 1 is 1.07 bits per heavy atom. The van der Waals surface area contributed by atoms with Gasteiger partial charge in [0, 0.05) is 29.7 Å². The highest BCUT2D eigenvalue weighted by Gasteiger charge is 2.77. The van der Waals surface area contributed by atoms with Crippen molar-refractivity contribution >= 4 is 40.9 Å². The topological polar surface area (TPSA) is 90.4 Å². The molecule has 8 nitrogen and oxygen atoms in total. The number of para-hydroxylation sites is 1. The van der Waals surface area contributed by atoms with Gasteiger partial charge in [-0.3, -0.25) is 14.4 Å². The maximum atomic E-state index is 15.1. The van der Waals surface area contributed by atoms with Gasteiger partial charge in [0.2, 0.25) is 11.8 Å². The van der Waals surface area contributed by atoms with Gasteiger partial charge in [-0.2, -0.15) is 0 Å². The summed E-state index contributed by atoms with van der Waals surface area (Å²) < 4.78 is 4.79. The summed E-state index contributed by atoms with van der Waals surface area (Å²) in [7, 11) is 0. The average molecular weight is 646 g/mol. The van der Waals surface area contributed by atoms with Crippen LogP contribution in [0.2, 0.25) is 0 Å². The second-order valence-corrected chi connectivity index (χ2v) is 14.2. The van der Waals surface area contributed by atoms with Crippen molar-refractivity contribution in [2.24, 2.45) is 17.8 Å². The van der Waals surface area contributed by atoms with Gasteiger partial charge in [-0.15, -0.1) is 24.9 Å². The Hall–Kier alpha value is -3.56. The van der Waals surface area contributed by atoms with E-state index in [0.29, 0.717) is 30.9 Å². The molecule has 5 rings (SSSR count). The first kappa shape index (κ1) is 33.8. The summed E-state index contributed by atoms with van der Waals surface area (Å²) in [5.41, 5.74) is 3.41. The molecule has 1 spiro atoms. The first-order chi connectivity index (χ1) is 22.1. The smallest absolute Gasteiger partial charge is 0.251 e. The van der Waals surface area contributed by atoms with E-state index in [0.717, 1.165) is 16.8 Å². The number of fused-ring (bicyclic) bond motifs is 1. The lowest BCUT2D eigenvalue weighted by atomic mass is 9.65. The van der Waals surface area contributed by atoms with Gasteiger partial charge < -0.3 is 24.5 Å². The van der Waals surface area contributed by atoms with Crippen molar-refractivity contribution in [2.45, 2.75) is 69.5 Å². The molecule has 2 aromatic rings. The monoisotopic (exact) mass is 645 g/mol. The zero-order chi connectivity index (χ0) is 33.3. The second-order valence-electron chi connectivity index (χ2n) is 12.7. The number of carbonyl (C=O) groups excluding carboxylic acids is 3. The molecule has 3 unspecified atom stereocenters. The van der Waals surface area contributed by atoms with Crippen molar-refractivity contribution in [1.82, 2.24) is 4.90 Å². The van der Waals surface area contributed by atoms with Gasteiger partial charge in [0.1, 0.15) is 11.8 Å². The molecule has 0 aromatic heterocycles. The number of rotatable bonds is 13. The molecule has 0 aliphatic carbocycles. The van der Waals surface area contributed by atoms with E-state index in [1.165, 1.54) is 0 Å². The molecule has 2 bridgehead atoms. The fourth-order valence-electron chi connectivity index (χ4n) is 8.15. The van der Waals surface area contributed by atoms with Crippen LogP contribution in [0.4, 0.5) is 11.4 Å². The van der Waals surface area contributed by atoms with Crippen LogP contribution in [0.5, 0.6) is 5.75 Å². The van der Waals surface area contributed by atoms with Crippen LogP contribution >= 0.6 is 11.8 Å². The Morgan fingerprint density at radius 3 is 2.26 bits per heavy atom. The Balaban J connectivity index is 1.61. The number of aliphatic hydroxyl groups is 1. The van der Waals surface area contributed by atoms with E-state index in [2.05, 4.69) is 20.1 Å². The number of hydrogen-bond acceptors (Lipinski definition) is 6. The molecule has 3 aliphatic rings. The van der Waals surface area contributed by atoms with Crippen LogP contribution in [0.3, 0.4) is 0 Å². The van der Waals surface area contributed by atoms with Crippen molar-refractivity contribution in [1.29, 1.82) is 0 Å². The third-order valence-electron chi connectivity index (χ3n) is 10.1. The highest BCUT2D eigenvalue weighted by Crippen LogP contribution is 2.69. The number of benzene rings is 2. The van der Waals surface area contributed by atoms with E-state index >= 15 is 4.79 Å². The van der Waals surface area contributed by atoms with Crippen molar-refractivity contribution in [2.75, 3.05) is 36.1 Å². The molecule has 3 amide bonds. The number of aliphatic hydroxyl groups excluding tert-OH is 1. The highest BCUT2D eigenvalue weighted by atomic mass is 32.2. The van der Waals surface area contributed by atoms with Gasteiger partial charge in [0.05, 0.1) is 35.8 Å². The predicted octanol–water partition coefficient (Wildman–Crippen LogP) is 5.55. The van der Waals surface area contributed by atoms with Crippen LogP contribution in [0, 0.1) is 31.6 Å². The van der Waals surface area contributed by atoms with Gasteiger partial charge in [-0.25, -0.2) is 0 Å². The lowest BCUT2D eigenvalue weighted by molar-refractivity contribution is -0.142. The minimum atomic E-state index is -0.845. The molecule has 0 saturated carbocycles. The maximum absolute atomic E-state index is 15.1. The third kappa shape index (κ3) is 5.35. The standard InChI is InChI=1S/C37H47N3O5S/c1-8-19-38(27-15-17-28(18-16-27)45-11-4)34(42)30-29-21-25(7)37(46-29)31(30)35(43)40(26(10-3)22-41)33(37)36(44)39(20-9-2)32-23(5)13-12-14-24(32)6/h8-9,12-18,25-26,29-31,33,41H,1-2,10-11,19-22H2,3-7H3/t25?,26-,29+,30-,31-,33?,37?/m0/s1. The SMILES string of the molecule is C=CCN(C(=O)[C@@H]1[C@H]2C(=O)N([C@@H](CC)CO)C(C(=O)N(CC=C)c3c(C)cccc3C)C23S[C@@H]1CC3C)c1ccc(OCC)cc1. The zero-order valence-corrected chi connectivity index (χ0v) is 28.5. The number of likely N-dealkylation sites (tertiary alicyclic amines) is 1. The van der Waals surface area contributed by atoms with Crippen LogP contribution in [0.1, 0.15) is 44.7 Å². The minimum absolute atomic E-state index is 0.00229. The lowest BCUT2D eigenvalue weighted by Gasteiger charge is -2.42. The molecule has 3 aliphatic heterocycles. The number of carbonyl (C=O) groups is 3. The summed E-state index contributed by atoms with van der Waals surface area (Å²) >= 11 is 1.64. The quantitative estimate of drug-likeness (QED) is 0.288. The Kier molecular flexibility index (Phi) is 10.0. The molecule has 46 heavy (non-hydrogen) atoms. The molecule has 1 N–H and O–H groups in total. The van der Waals surface area contributed by atoms with Crippen LogP contribution in [-0.4, -0.2) is 76.1 Å². The number of amides is 3. The number of nitrogens with zero attached hydrogens (tertiary/aromatic N) is 3. The summed E-state index contributed by atoms with van der Waals surface area (Å²) in [5, 5.41) is 10.4. The van der Waals surface area contributed by atoms with Gasteiger partial charge in [0.15, 0.2) is 0 Å². The third-order valence-corrected chi connectivity index (χ3v) is 12.2. The van der Waals surface area contributed by atoms with Crippen molar-refractivity contribution in [3.8, 4) is 5.75 Å². The van der Waals surface area contributed by atoms with E-state index in [1.54, 1.807) is 38.6 Å². The summed E-state index contributed by atoms with van der Waals surface area (Å²) in [6.45, 7) is 18.6. The molecular formula is C37H47N3O5S. The zero-order valence-electron chi connectivity index (χ0n) is 27.6. The maximum Gasteiger partial charge on any atom is 0.251 e. The van der Waals surface area contributed by atoms with Gasteiger partial charge >= 0.3 is 0 Å². The fraction of sp³-hybridized carbons (Fsp3) is 0.486. The largest absolute Gasteiger partial charge is 0.494 e. The van der Waals surface area contributed by atoms with Crippen LogP contribution in [0.15, 0.2) is 67.8 Å². The Morgan fingerprint density at radius 2 is 1.70 bits per heavy atom. The van der Waals surface area contributed by atoms with E-state index in [1.807, 2.05) is 70.2 Å². The second kappa shape index (κ2) is 13.7. The van der Waals surface area contributed by atoms with Crippen molar-refractivity contribution in [3.05, 3.63) is 78.9 Å². The molecule has 246 valence electrons. The molecule has 9 heteroatoms. The molecule has 3 fully saturated rings. The molecule has 2 aromatic carbocycles. The first-order valence-corrected chi connectivity index (χ1v) is 17.2. The van der Waals surface area contributed by atoms with Gasteiger partial charge in [-0.1, -0.05) is 44.2 Å². The van der Waals surface area contributed by atoms with Gasteiger partial charge in [-0.05, 0) is 74.9 Å². The molecule has 7 atom stereocenters. The minimum Gasteiger partial charge on any atom is -0.494 e. The van der Waals surface area contributed by atoms with Crippen molar-refractivity contribution < 1.29 is 24.2 Å². The van der Waals surface area contributed by atoms with E-state index in [9.17, 15) is 14.7 Å². The van der Waals surface area contributed by atoms with Crippen LogP contribution in [0.25, 0.3) is 0 Å². The molecule has 0 radical (unpaired) electrons. The number of hydrogen-bond donors (Lipinski definition) is 1. The summed E-state index contributed by atoms with van der Waals surface area (Å²) in [6, 6.07) is 11.9. The average Bonchev–Trinajstić information content (AvgIpc) is 3.64. The molecular weight excluding hydrogens is 598 g/mol.